The molecular weight excluding hydrogens is 405 g/mol. The van der Waals surface area contributed by atoms with Crippen molar-refractivity contribution in [2.75, 3.05) is 23.3 Å². The van der Waals surface area contributed by atoms with E-state index in [4.69, 9.17) is 0 Å². The monoisotopic (exact) mass is 425 g/mol. The number of carbonyl (C=O) groups is 1. The minimum Gasteiger partial charge on any atom is -0.366 e. The number of para-hydroxylation sites is 2. The third kappa shape index (κ3) is 4.20. The molecule has 0 bridgehead atoms. The second kappa shape index (κ2) is 8.46. The van der Waals surface area contributed by atoms with Crippen molar-refractivity contribution in [2.24, 2.45) is 5.92 Å². The van der Waals surface area contributed by atoms with Gasteiger partial charge in [0.2, 0.25) is 5.91 Å². The molecule has 0 unspecified atom stereocenters. The standard InChI is InChI=1S/C20H20FN7O3/c1-13-23-24-25-27(13)15-6-7-16(21)17(12-15)22-20(29)14-8-10-26(11-9-14)18-4-2-3-5-19(18)28(30)31/h2-7,12,14H,8-11H2,1H3,(H,22,29). The summed E-state index contributed by atoms with van der Waals surface area (Å²) in [5.74, 6) is -0.630. The van der Waals surface area contributed by atoms with Gasteiger partial charge in [-0.2, -0.15) is 4.68 Å². The average Bonchev–Trinajstić information content (AvgIpc) is 3.21. The van der Waals surface area contributed by atoms with E-state index < -0.39 is 10.7 Å². The summed E-state index contributed by atoms with van der Waals surface area (Å²) in [6.45, 7) is 2.71. The number of anilines is 2. The van der Waals surface area contributed by atoms with Gasteiger partial charge in [-0.3, -0.25) is 14.9 Å². The largest absolute Gasteiger partial charge is 0.366 e. The molecule has 31 heavy (non-hydrogen) atoms. The first-order valence-corrected chi connectivity index (χ1v) is 9.78. The van der Waals surface area contributed by atoms with Crippen molar-refractivity contribution in [3.63, 3.8) is 0 Å². The highest BCUT2D eigenvalue weighted by atomic mass is 19.1. The van der Waals surface area contributed by atoms with E-state index in [2.05, 4.69) is 20.8 Å². The molecule has 0 aliphatic carbocycles. The quantitative estimate of drug-likeness (QED) is 0.493. The number of nitrogens with one attached hydrogen (secondary N) is 1. The van der Waals surface area contributed by atoms with Gasteiger partial charge in [-0.1, -0.05) is 12.1 Å². The predicted molar refractivity (Wildman–Crippen MR) is 111 cm³/mol. The highest BCUT2D eigenvalue weighted by Gasteiger charge is 2.28. The summed E-state index contributed by atoms with van der Waals surface area (Å²) in [5, 5.41) is 25.2. The number of rotatable bonds is 5. The molecule has 1 aliphatic rings. The van der Waals surface area contributed by atoms with Crippen LogP contribution in [0.15, 0.2) is 42.5 Å². The van der Waals surface area contributed by atoms with Crippen LogP contribution >= 0.6 is 0 Å². The normalized spacial score (nSPS) is 14.5. The highest BCUT2D eigenvalue weighted by molar-refractivity contribution is 5.93. The lowest BCUT2D eigenvalue weighted by atomic mass is 9.95. The number of nitro benzene ring substituents is 1. The number of benzene rings is 2. The first kappa shape index (κ1) is 20.4. The molecule has 1 fully saturated rings. The molecule has 0 atom stereocenters. The molecule has 0 spiro atoms. The second-order valence-electron chi connectivity index (χ2n) is 7.30. The number of hydrogen-bond acceptors (Lipinski definition) is 7. The van der Waals surface area contributed by atoms with Crippen LogP contribution in [0.1, 0.15) is 18.7 Å². The third-order valence-corrected chi connectivity index (χ3v) is 5.36. The number of hydrogen-bond donors (Lipinski definition) is 1. The van der Waals surface area contributed by atoms with E-state index in [1.165, 1.54) is 28.9 Å². The summed E-state index contributed by atoms with van der Waals surface area (Å²) in [6.07, 6.45) is 1.01. The maximum absolute atomic E-state index is 14.3. The molecule has 1 aromatic heterocycles. The zero-order valence-electron chi connectivity index (χ0n) is 16.7. The Kier molecular flexibility index (Phi) is 5.56. The smallest absolute Gasteiger partial charge is 0.292 e. The van der Waals surface area contributed by atoms with Gasteiger partial charge < -0.3 is 10.2 Å². The lowest BCUT2D eigenvalue weighted by Gasteiger charge is -2.32. The minimum atomic E-state index is -0.555. The molecule has 1 saturated heterocycles. The number of nitrogens with zero attached hydrogens (tertiary/aromatic N) is 6. The fourth-order valence-corrected chi connectivity index (χ4v) is 3.71. The van der Waals surface area contributed by atoms with Gasteiger partial charge in [-0.05, 0) is 54.5 Å². The molecule has 160 valence electrons. The topological polar surface area (TPSA) is 119 Å². The predicted octanol–water partition coefficient (Wildman–Crippen LogP) is 2.87. The molecule has 10 nitrogen and oxygen atoms in total. The van der Waals surface area contributed by atoms with Gasteiger partial charge in [-0.15, -0.1) is 5.10 Å². The van der Waals surface area contributed by atoms with Gasteiger partial charge >= 0.3 is 0 Å². The molecular formula is C20H20FN7O3. The molecule has 0 radical (unpaired) electrons. The van der Waals surface area contributed by atoms with Crippen molar-refractivity contribution in [3.8, 4) is 5.69 Å². The van der Waals surface area contributed by atoms with Crippen LogP contribution in [0.4, 0.5) is 21.5 Å². The van der Waals surface area contributed by atoms with Crippen LogP contribution in [0.5, 0.6) is 0 Å². The molecule has 4 rings (SSSR count). The summed E-state index contributed by atoms with van der Waals surface area (Å²) < 4.78 is 15.7. The lowest BCUT2D eigenvalue weighted by Crippen LogP contribution is -2.38. The van der Waals surface area contributed by atoms with Crippen LogP contribution in [0.2, 0.25) is 0 Å². The Labute approximate surface area is 176 Å². The Bertz CT molecular complexity index is 1130. The van der Waals surface area contributed by atoms with Crippen molar-refractivity contribution in [1.82, 2.24) is 20.2 Å². The summed E-state index contributed by atoms with van der Waals surface area (Å²) in [5.41, 5.74) is 1.17. The molecule has 2 aromatic carbocycles. The van der Waals surface area contributed by atoms with Crippen molar-refractivity contribution in [2.45, 2.75) is 19.8 Å². The van der Waals surface area contributed by atoms with Gasteiger partial charge in [0.15, 0.2) is 5.82 Å². The first-order valence-electron chi connectivity index (χ1n) is 9.78. The van der Waals surface area contributed by atoms with Crippen LogP contribution in [0, 0.1) is 28.8 Å². The number of aromatic nitrogens is 4. The molecule has 11 heteroatoms. The van der Waals surface area contributed by atoms with Crippen LogP contribution in [-0.2, 0) is 4.79 Å². The van der Waals surface area contributed by atoms with Crippen LogP contribution in [0.25, 0.3) is 5.69 Å². The van der Waals surface area contributed by atoms with Gasteiger partial charge in [0.1, 0.15) is 11.5 Å². The van der Waals surface area contributed by atoms with Crippen molar-refractivity contribution in [3.05, 3.63) is 64.2 Å². The average molecular weight is 425 g/mol. The summed E-state index contributed by atoms with van der Waals surface area (Å²) in [4.78, 5) is 25.5. The summed E-state index contributed by atoms with van der Waals surface area (Å²) in [6, 6.07) is 10.8. The van der Waals surface area contributed by atoms with Gasteiger partial charge in [-0.25, -0.2) is 4.39 Å². The Morgan fingerprint density at radius 3 is 2.65 bits per heavy atom. The molecule has 1 N–H and O–H groups in total. The number of carbonyl (C=O) groups excluding carboxylic acids is 1. The number of aryl methyl sites for hydroxylation is 1. The number of amides is 1. The van der Waals surface area contributed by atoms with E-state index >= 15 is 0 Å². The molecule has 3 aromatic rings. The van der Waals surface area contributed by atoms with E-state index in [0.29, 0.717) is 43.1 Å². The minimum absolute atomic E-state index is 0.0437. The highest BCUT2D eigenvalue weighted by Crippen LogP contribution is 2.31. The van der Waals surface area contributed by atoms with Crippen LogP contribution in [-0.4, -0.2) is 44.1 Å². The number of tetrazole rings is 1. The van der Waals surface area contributed by atoms with E-state index in [1.54, 1.807) is 25.1 Å². The summed E-state index contributed by atoms with van der Waals surface area (Å²) >= 11 is 0. The molecule has 1 amide bonds. The number of nitro groups is 1. The Balaban J connectivity index is 1.43. The first-order chi connectivity index (χ1) is 14.9. The van der Waals surface area contributed by atoms with Crippen LogP contribution in [0.3, 0.4) is 0 Å². The zero-order valence-corrected chi connectivity index (χ0v) is 16.7. The Morgan fingerprint density at radius 2 is 1.97 bits per heavy atom. The van der Waals surface area contributed by atoms with Crippen molar-refractivity contribution < 1.29 is 14.1 Å². The Morgan fingerprint density at radius 1 is 1.23 bits per heavy atom. The maximum Gasteiger partial charge on any atom is 0.292 e. The zero-order chi connectivity index (χ0) is 22.0. The fraction of sp³-hybridized carbons (Fsp3) is 0.300. The fourth-order valence-electron chi connectivity index (χ4n) is 3.71. The number of halogens is 1. The van der Waals surface area contributed by atoms with Crippen molar-refractivity contribution in [1.29, 1.82) is 0 Å². The molecule has 0 saturated carbocycles. The van der Waals surface area contributed by atoms with E-state index in [9.17, 15) is 19.3 Å². The van der Waals surface area contributed by atoms with Gasteiger partial charge in [0, 0.05) is 25.1 Å². The number of piperidine rings is 1. The molecule has 1 aliphatic heterocycles. The van der Waals surface area contributed by atoms with E-state index in [1.807, 2.05) is 4.90 Å². The van der Waals surface area contributed by atoms with Gasteiger partial charge in [0.25, 0.3) is 5.69 Å². The van der Waals surface area contributed by atoms with Crippen molar-refractivity contribution >= 4 is 23.0 Å². The van der Waals surface area contributed by atoms with Crippen LogP contribution < -0.4 is 10.2 Å². The van der Waals surface area contributed by atoms with Gasteiger partial charge in [0.05, 0.1) is 16.3 Å². The lowest BCUT2D eigenvalue weighted by molar-refractivity contribution is -0.384. The van der Waals surface area contributed by atoms with E-state index in [-0.39, 0.29) is 23.2 Å². The maximum atomic E-state index is 14.3. The SMILES string of the molecule is Cc1nnnn1-c1ccc(F)c(NC(=O)C2CCN(c3ccccc3[N+](=O)[O-])CC2)c1. The molecule has 2 heterocycles. The third-order valence-electron chi connectivity index (χ3n) is 5.36. The second-order valence-corrected chi connectivity index (χ2v) is 7.30. The van der Waals surface area contributed by atoms with E-state index in [0.717, 1.165) is 0 Å². The Hall–Kier alpha value is -3.89. The summed E-state index contributed by atoms with van der Waals surface area (Å²) in [7, 11) is 0.